The van der Waals surface area contributed by atoms with Gasteiger partial charge in [-0.1, -0.05) is 12.8 Å². The van der Waals surface area contributed by atoms with Gasteiger partial charge in [0.25, 0.3) is 0 Å². The quantitative estimate of drug-likeness (QED) is 0.630. The number of carboxylic acid groups (broad SMARTS) is 1. The molecule has 1 fully saturated rings. The maximum atomic E-state index is 11.2. The van der Waals surface area contributed by atoms with Gasteiger partial charge in [0.15, 0.2) is 0 Å². The molecule has 1 heterocycles. The summed E-state index contributed by atoms with van der Waals surface area (Å²) in [6.07, 6.45) is 4.38. The molecule has 8 nitrogen and oxygen atoms in total. The molecule has 2 rings (SSSR count). The van der Waals surface area contributed by atoms with Gasteiger partial charge in [0, 0.05) is 13.1 Å². The minimum absolute atomic E-state index is 0.128. The van der Waals surface area contributed by atoms with E-state index in [9.17, 15) is 20.0 Å². The van der Waals surface area contributed by atoms with E-state index in [1.165, 1.54) is 10.9 Å². The van der Waals surface area contributed by atoms with E-state index in [-0.39, 0.29) is 17.5 Å². The van der Waals surface area contributed by atoms with Crippen LogP contribution in [0.25, 0.3) is 0 Å². The smallest absolute Gasteiger partial charge is 0.330 e. The van der Waals surface area contributed by atoms with Crippen LogP contribution in [0, 0.1) is 16.0 Å². The molecule has 1 aromatic rings. The molecule has 1 aromatic heterocycles. The van der Waals surface area contributed by atoms with E-state index < -0.39 is 16.8 Å². The highest BCUT2D eigenvalue weighted by Gasteiger charge is 2.33. The second-order valence-corrected chi connectivity index (χ2v) is 4.77. The monoisotopic (exact) mass is 268 g/mol. The van der Waals surface area contributed by atoms with Crippen molar-refractivity contribution in [3.63, 3.8) is 0 Å². The van der Waals surface area contributed by atoms with Crippen molar-refractivity contribution in [2.45, 2.75) is 31.7 Å². The van der Waals surface area contributed by atoms with Crippen LogP contribution < -0.4 is 5.32 Å². The number of hydrogen-bond donors (Lipinski definition) is 2. The molecule has 8 heteroatoms. The predicted molar refractivity (Wildman–Crippen MR) is 66.9 cm³/mol. The van der Waals surface area contributed by atoms with Gasteiger partial charge in [-0.3, -0.25) is 19.6 Å². The van der Waals surface area contributed by atoms with Crippen LogP contribution in [0.1, 0.15) is 25.7 Å². The van der Waals surface area contributed by atoms with Crippen LogP contribution >= 0.6 is 0 Å². The summed E-state index contributed by atoms with van der Waals surface area (Å²) < 4.78 is 1.35. The first-order chi connectivity index (χ1) is 8.99. The van der Waals surface area contributed by atoms with Crippen molar-refractivity contribution < 1.29 is 14.8 Å². The fourth-order valence-electron chi connectivity index (χ4n) is 2.49. The maximum Gasteiger partial charge on any atom is 0.330 e. The van der Waals surface area contributed by atoms with E-state index in [0.717, 1.165) is 12.8 Å². The number of aliphatic carboxylic acids is 1. The summed E-state index contributed by atoms with van der Waals surface area (Å²) in [5.41, 5.74) is -0.128. The Morgan fingerprint density at radius 3 is 2.89 bits per heavy atom. The molecule has 0 aliphatic heterocycles. The maximum absolute atomic E-state index is 11.2. The number of carbonyl (C=O) groups is 1. The SMILES string of the molecule is Cn1cc([N+](=O)[O-])c(NC2CCCCC2C(=O)O)n1. The van der Waals surface area contributed by atoms with Gasteiger partial charge in [-0.25, -0.2) is 0 Å². The molecule has 1 saturated carbocycles. The van der Waals surface area contributed by atoms with Crippen molar-refractivity contribution >= 4 is 17.5 Å². The van der Waals surface area contributed by atoms with Crippen molar-refractivity contribution in [2.75, 3.05) is 5.32 Å². The lowest BCUT2D eigenvalue weighted by molar-refractivity contribution is -0.384. The van der Waals surface area contributed by atoms with Gasteiger partial charge in [0.1, 0.15) is 6.20 Å². The van der Waals surface area contributed by atoms with Crippen LogP contribution in [0.2, 0.25) is 0 Å². The number of anilines is 1. The highest BCUT2D eigenvalue weighted by Crippen LogP contribution is 2.30. The van der Waals surface area contributed by atoms with Gasteiger partial charge in [-0.05, 0) is 12.8 Å². The van der Waals surface area contributed by atoms with E-state index in [2.05, 4.69) is 10.4 Å². The third-order valence-corrected chi connectivity index (χ3v) is 3.41. The average Bonchev–Trinajstić information content (AvgIpc) is 2.71. The van der Waals surface area contributed by atoms with E-state index in [1.54, 1.807) is 7.05 Å². The molecule has 2 N–H and O–H groups in total. The van der Waals surface area contributed by atoms with Crippen molar-refractivity contribution in [1.29, 1.82) is 0 Å². The van der Waals surface area contributed by atoms with Gasteiger partial charge in [0.05, 0.1) is 10.8 Å². The third-order valence-electron chi connectivity index (χ3n) is 3.41. The van der Waals surface area contributed by atoms with Crippen LogP contribution in [0.15, 0.2) is 6.20 Å². The van der Waals surface area contributed by atoms with Crippen molar-refractivity contribution in [3.8, 4) is 0 Å². The van der Waals surface area contributed by atoms with E-state index in [0.29, 0.717) is 12.8 Å². The standard InChI is InChI=1S/C11H16N4O4/c1-14-6-9(15(18)19)10(13-14)12-8-5-3-2-4-7(8)11(16)17/h6-8H,2-5H2,1H3,(H,12,13)(H,16,17). The Kier molecular flexibility index (Phi) is 3.68. The van der Waals surface area contributed by atoms with Crippen LogP contribution in [0.5, 0.6) is 0 Å². The zero-order valence-corrected chi connectivity index (χ0v) is 10.6. The number of hydrogen-bond acceptors (Lipinski definition) is 5. The van der Waals surface area contributed by atoms with Crippen LogP contribution in [0.4, 0.5) is 11.5 Å². The Balaban J connectivity index is 2.19. The Bertz CT molecular complexity index is 499. The number of nitrogens with zero attached hydrogens (tertiary/aromatic N) is 3. The Morgan fingerprint density at radius 1 is 1.58 bits per heavy atom. The molecule has 2 atom stereocenters. The Morgan fingerprint density at radius 2 is 2.26 bits per heavy atom. The summed E-state index contributed by atoms with van der Waals surface area (Å²) in [4.78, 5) is 21.5. The molecule has 1 aliphatic carbocycles. The molecule has 0 spiro atoms. The van der Waals surface area contributed by atoms with Crippen molar-refractivity contribution in [2.24, 2.45) is 13.0 Å². The second kappa shape index (κ2) is 5.25. The minimum atomic E-state index is -0.865. The predicted octanol–water partition coefficient (Wildman–Crippen LogP) is 1.38. The molecule has 0 amide bonds. The molecule has 19 heavy (non-hydrogen) atoms. The van der Waals surface area contributed by atoms with Crippen LogP contribution in [0.3, 0.4) is 0 Å². The second-order valence-electron chi connectivity index (χ2n) is 4.77. The number of nitro groups is 1. The zero-order chi connectivity index (χ0) is 14.0. The largest absolute Gasteiger partial charge is 0.481 e. The number of aromatic nitrogens is 2. The van der Waals surface area contributed by atoms with Crippen molar-refractivity contribution in [1.82, 2.24) is 9.78 Å². The lowest BCUT2D eigenvalue weighted by Crippen LogP contribution is -2.37. The van der Waals surface area contributed by atoms with Gasteiger partial charge >= 0.3 is 11.7 Å². The van der Waals surface area contributed by atoms with Gasteiger partial charge in [0.2, 0.25) is 5.82 Å². The number of rotatable bonds is 4. The molecule has 0 radical (unpaired) electrons. The topological polar surface area (TPSA) is 110 Å². The van der Waals surface area contributed by atoms with E-state index in [4.69, 9.17) is 0 Å². The van der Waals surface area contributed by atoms with Gasteiger partial charge in [-0.2, -0.15) is 0 Å². The third kappa shape index (κ3) is 2.83. The molecule has 0 saturated heterocycles. The molecule has 104 valence electrons. The summed E-state index contributed by atoms with van der Waals surface area (Å²) in [5, 5.41) is 27.0. The van der Waals surface area contributed by atoms with E-state index >= 15 is 0 Å². The van der Waals surface area contributed by atoms with Crippen molar-refractivity contribution in [3.05, 3.63) is 16.3 Å². The highest BCUT2D eigenvalue weighted by molar-refractivity contribution is 5.72. The van der Waals surface area contributed by atoms with Crippen LogP contribution in [-0.2, 0) is 11.8 Å². The summed E-state index contributed by atoms with van der Waals surface area (Å²) in [6.45, 7) is 0. The molecule has 0 aromatic carbocycles. The summed E-state index contributed by atoms with van der Waals surface area (Å²) in [6, 6.07) is -0.306. The first-order valence-corrected chi connectivity index (χ1v) is 6.16. The Hall–Kier alpha value is -2.12. The normalized spacial score (nSPS) is 23.0. The minimum Gasteiger partial charge on any atom is -0.481 e. The van der Waals surface area contributed by atoms with Gasteiger partial charge < -0.3 is 10.4 Å². The fraction of sp³-hybridized carbons (Fsp3) is 0.636. The lowest BCUT2D eigenvalue weighted by Gasteiger charge is -2.28. The average molecular weight is 268 g/mol. The first kappa shape index (κ1) is 13.3. The summed E-state index contributed by atoms with van der Waals surface area (Å²) >= 11 is 0. The molecule has 0 bridgehead atoms. The highest BCUT2D eigenvalue weighted by atomic mass is 16.6. The number of aryl methyl sites for hydroxylation is 1. The van der Waals surface area contributed by atoms with E-state index in [1.807, 2.05) is 0 Å². The summed E-state index contributed by atoms with van der Waals surface area (Å²) in [7, 11) is 1.59. The fourth-order valence-corrected chi connectivity index (χ4v) is 2.49. The molecule has 2 unspecified atom stereocenters. The zero-order valence-electron chi connectivity index (χ0n) is 10.6. The number of nitrogens with one attached hydrogen (secondary N) is 1. The lowest BCUT2D eigenvalue weighted by atomic mass is 9.84. The molecular formula is C11H16N4O4. The number of carboxylic acids is 1. The first-order valence-electron chi connectivity index (χ1n) is 6.16. The molecule has 1 aliphatic rings. The summed E-state index contributed by atoms with van der Waals surface area (Å²) in [5.74, 6) is -1.24. The van der Waals surface area contributed by atoms with Crippen LogP contribution in [-0.4, -0.2) is 31.8 Å². The Labute approximate surface area is 109 Å². The molecular weight excluding hydrogens is 252 g/mol. The van der Waals surface area contributed by atoms with Gasteiger partial charge in [-0.15, -0.1) is 5.10 Å².